The Morgan fingerprint density at radius 3 is 2.45 bits per heavy atom. The topological polar surface area (TPSA) is 33.4 Å². The summed E-state index contributed by atoms with van der Waals surface area (Å²) in [5.74, 6) is 0.465. The lowest BCUT2D eigenvalue weighted by Crippen LogP contribution is -2.34. The van der Waals surface area contributed by atoms with Gasteiger partial charge in [-0.1, -0.05) is 33.8 Å². The van der Waals surface area contributed by atoms with Crippen LogP contribution in [0.2, 0.25) is 0 Å². The summed E-state index contributed by atoms with van der Waals surface area (Å²) < 4.78 is 5.82. The monoisotopic (exact) mass is 298 g/mol. The third-order valence-electron chi connectivity index (χ3n) is 4.88. The second-order valence-corrected chi connectivity index (χ2v) is 8.30. The molecule has 2 nitrogen and oxygen atoms in total. The van der Waals surface area contributed by atoms with E-state index in [4.69, 9.17) is 4.42 Å². The molecule has 1 N–H and O–H groups in total. The quantitative estimate of drug-likeness (QED) is 0.697. The summed E-state index contributed by atoms with van der Waals surface area (Å²) in [5, 5.41) is 11.9. The predicted octanol–water partition coefficient (Wildman–Crippen LogP) is 6.03. The molecule has 3 rings (SSSR count). The van der Waals surface area contributed by atoms with Gasteiger partial charge in [0.2, 0.25) is 0 Å². The van der Waals surface area contributed by atoms with Crippen LogP contribution < -0.4 is 0 Å². The van der Waals surface area contributed by atoms with E-state index in [1.807, 2.05) is 12.3 Å². The van der Waals surface area contributed by atoms with E-state index in [1.165, 1.54) is 11.1 Å². The molecule has 0 saturated carbocycles. The van der Waals surface area contributed by atoms with E-state index in [1.54, 1.807) is 0 Å². The van der Waals surface area contributed by atoms with E-state index < -0.39 is 0 Å². The van der Waals surface area contributed by atoms with Crippen molar-refractivity contribution < 1.29 is 9.52 Å². The molecule has 1 aliphatic carbocycles. The maximum absolute atomic E-state index is 10.7. The lowest BCUT2D eigenvalue weighted by atomic mass is 9.61. The van der Waals surface area contributed by atoms with Gasteiger partial charge in [0.1, 0.15) is 5.58 Å². The summed E-state index contributed by atoms with van der Waals surface area (Å²) in [4.78, 5) is 0. The van der Waals surface area contributed by atoms with Crippen molar-refractivity contribution in [3.63, 3.8) is 0 Å². The number of benzene rings is 1. The molecule has 0 aliphatic heterocycles. The van der Waals surface area contributed by atoms with Crippen LogP contribution in [0.15, 0.2) is 34.6 Å². The van der Waals surface area contributed by atoms with Crippen LogP contribution in [0.25, 0.3) is 11.0 Å². The second kappa shape index (κ2) is 4.65. The highest BCUT2D eigenvalue weighted by molar-refractivity contribution is 5.86. The number of aliphatic hydroxyl groups is 1. The minimum atomic E-state index is -0.0174. The molecular weight excluding hydrogens is 272 g/mol. The van der Waals surface area contributed by atoms with E-state index in [2.05, 4.69) is 53.7 Å². The predicted molar refractivity (Wildman–Crippen MR) is 91.3 cm³/mol. The minimum Gasteiger partial charge on any atom is -0.512 e. The number of fused-ring (bicyclic) bond motifs is 1. The summed E-state index contributed by atoms with van der Waals surface area (Å²) in [6.45, 7) is 13.1. The van der Waals surface area contributed by atoms with Crippen LogP contribution in [0.3, 0.4) is 0 Å². The molecule has 0 spiro atoms. The molecule has 1 atom stereocenters. The highest BCUT2D eigenvalue weighted by atomic mass is 16.3. The Hall–Kier alpha value is -1.70. The maximum Gasteiger partial charge on any atom is 0.134 e. The first kappa shape index (κ1) is 15.2. The first-order chi connectivity index (χ1) is 10.1. The molecule has 0 fully saturated rings. The Kier molecular flexibility index (Phi) is 3.21. The third-order valence-corrected chi connectivity index (χ3v) is 4.88. The van der Waals surface area contributed by atoms with Gasteiger partial charge < -0.3 is 9.52 Å². The van der Waals surface area contributed by atoms with E-state index in [0.29, 0.717) is 5.76 Å². The van der Waals surface area contributed by atoms with Crippen molar-refractivity contribution in [2.45, 2.75) is 53.9 Å². The highest BCUT2D eigenvalue weighted by Gasteiger charge is 2.43. The largest absolute Gasteiger partial charge is 0.512 e. The molecule has 0 bridgehead atoms. The zero-order chi connectivity index (χ0) is 16.3. The smallest absolute Gasteiger partial charge is 0.134 e. The van der Waals surface area contributed by atoms with Crippen LogP contribution in [-0.4, -0.2) is 5.11 Å². The molecule has 2 aromatic rings. The van der Waals surface area contributed by atoms with Crippen molar-refractivity contribution >= 4 is 11.0 Å². The number of aryl methyl sites for hydroxylation is 2. The van der Waals surface area contributed by atoms with Crippen molar-refractivity contribution in [3.8, 4) is 0 Å². The van der Waals surface area contributed by atoms with E-state index in [9.17, 15) is 5.11 Å². The standard InChI is InChI=1S/C20H26O2/c1-12-7-13(2)17-14(10-22-16(17)8-12)18-15(21)9-19(3,4)11-20(18,5)6/h7-10,18,21H,11H2,1-6H3. The third kappa shape index (κ3) is 2.35. The number of rotatable bonds is 1. The zero-order valence-corrected chi connectivity index (χ0v) is 14.4. The molecule has 1 aromatic carbocycles. The second-order valence-electron chi connectivity index (χ2n) is 8.30. The van der Waals surface area contributed by atoms with Crippen LogP contribution in [0.1, 0.15) is 56.7 Å². The molecule has 118 valence electrons. The van der Waals surface area contributed by atoms with Gasteiger partial charge in [0.25, 0.3) is 0 Å². The summed E-state index contributed by atoms with van der Waals surface area (Å²) in [5.41, 5.74) is 4.45. The number of aliphatic hydroxyl groups excluding tert-OH is 1. The summed E-state index contributed by atoms with van der Waals surface area (Å²) >= 11 is 0. The number of furan rings is 1. The van der Waals surface area contributed by atoms with Gasteiger partial charge in [0.15, 0.2) is 0 Å². The summed E-state index contributed by atoms with van der Waals surface area (Å²) in [6.07, 6.45) is 4.89. The van der Waals surface area contributed by atoms with Gasteiger partial charge in [-0.15, -0.1) is 0 Å². The molecule has 0 radical (unpaired) electrons. The molecule has 2 heteroatoms. The highest BCUT2D eigenvalue weighted by Crippen LogP contribution is 2.53. The van der Waals surface area contributed by atoms with Crippen molar-refractivity contribution in [2.24, 2.45) is 10.8 Å². The Bertz CT molecular complexity index is 759. The van der Waals surface area contributed by atoms with Crippen molar-refractivity contribution in [2.75, 3.05) is 0 Å². The Morgan fingerprint density at radius 2 is 1.82 bits per heavy atom. The molecule has 1 aromatic heterocycles. The van der Waals surface area contributed by atoms with Crippen LogP contribution in [0, 0.1) is 24.7 Å². The fraction of sp³-hybridized carbons (Fsp3) is 0.500. The average molecular weight is 298 g/mol. The van der Waals surface area contributed by atoms with Gasteiger partial charge in [0.05, 0.1) is 12.0 Å². The molecule has 1 unspecified atom stereocenters. The molecule has 0 saturated heterocycles. The van der Waals surface area contributed by atoms with Gasteiger partial charge >= 0.3 is 0 Å². The SMILES string of the molecule is Cc1cc(C)c2c(C3C(O)=CC(C)(C)CC3(C)C)coc2c1. The van der Waals surface area contributed by atoms with Crippen molar-refractivity contribution in [1.82, 2.24) is 0 Å². The molecule has 22 heavy (non-hydrogen) atoms. The maximum atomic E-state index is 10.7. The van der Waals surface area contributed by atoms with Gasteiger partial charge in [-0.05, 0) is 54.4 Å². The molecule has 0 amide bonds. The van der Waals surface area contributed by atoms with E-state index in [0.717, 1.165) is 23.0 Å². The van der Waals surface area contributed by atoms with E-state index in [-0.39, 0.29) is 16.7 Å². The van der Waals surface area contributed by atoms with Crippen LogP contribution in [0.5, 0.6) is 0 Å². The lowest BCUT2D eigenvalue weighted by molar-refractivity contribution is 0.144. The first-order valence-electron chi connectivity index (χ1n) is 8.01. The van der Waals surface area contributed by atoms with Crippen LogP contribution in [-0.2, 0) is 0 Å². The fourth-order valence-corrected chi connectivity index (χ4v) is 4.58. The lowest BCUT2D eigenvalue weighted by Gasteiger charge is -2.43. The molecular formula is C20H26O2. The van der Waals surface area contributed by atoms with Gasteiger partial charge in [-0.3, -0.25) is 0 Å². The molecule has 1 aliphatic rings. The summed E-state index contributed by atoms with van der Waals surface area (Å²) in [6, 6.07) is 4.26. The van der Waals surface area contributed by atoms with Crippen LogP contribution >= 0.6 is 0 Å². The number of hydrogen-bond acceptors (Lipinski definition) is 2. The van der Waals surface area contributed by atoms with Gasteiger partial charge in [-0.2, -0.15) is 0 Å². The Balaban J connectivity index is 2.23. The number of hydrogen-bond donors (Lipinski definition) is 1. The Morgan fingerprint density at radius 1 is 1.14 bits per heavy atom. The fourth-order valence-electron chi connectivity index (χ4n) is 4.58. The van der Waals surface area contributed by atoms with Crippen molar-refractivity contribution in [1.29, 1.82) is 0 Å². The zero-order valence-electron chi connectivity index (χ0n) is 14.4. The normalized spacial score (nSPS) is 23.5. The average Bonchev–Trinajstić information content (AvgIpc) is 2.68. The van der Waals surface area contributed by atoms with Gasteiger partial charge in [0, 0.05) is 16.9 Å². The number of allylic oxidation sites excluding steroid dienone is 2. The Labute approximate surface area is 132 Å². The minimum absolute atomic E-state index is 0.0109. The summed E-state index contributed by atoms with van der Waals surface area (Å²) in [7, 11) is 0. The van der Waals surface area contributed by atoms with Crippen molar-refractivity contribution in [3.05, 3.63) is 46.9 Å². The van der Waals surface area contributed by atoms with Gasteiger partial charge in [-0.25, -0.2) is 0 Å². The van der Waals surface area contributed by atoms with Crippen LogP contribution in [0.4, 0.5) is 0 Å². The first-order valence-corrected chi connectivity index (χ1v) is 8.01. The molecule has 1 heterocycles. The van der Waals surface area contributed by atoms with E-state index >= 15 is 0 Å².